The zero-order valence-corrected chi connectivity index (χ0v) is 68.3. The van der Waals surface area contributed by atoms with Crippen molar-refractivity contribution in [2.45, 2.75) is 16.2 Å². The van der Waals surface area contributed by atoms with Gasteiger partial charge < -0.3 is 23.1 Å². The van der Waals surface area contributed by atoms with Gasteiger partial charge in [0.15, 0.2) is 5.58 Å². The average Bonchev–Trinajstić information content (AvgIpc) is 1.50. The molecule has 586 valence electrons. The summed E-state index contributed by atoms with van der Waals surface area (Å²) >= 11 is 0. The SMILES string of the molecule is c1ccc(-c2ccc(N(c3ccc(-c4ccc5c(c4)-c4ccccc4C54c5ccccc5-c5oc6cc(-c7ccc8c(c7)C7(c9ccccc9-c9c(-c%10ccc(N(c%11ccccc%11)c%11cccc%12c%11oc%11ccccc%11%12)cc%10)cccc97)c7c-8oc8ccccc78)ccc6c54)cc3)c3ccc4c(c3)C(c3ccccc3)(c3ccccc3)c3ccccc3-4)cc2)cc1. The minimum atomic E-state index is -0.736. The number of anilines is 6. The topological polar surface area (TPSA) is 45.9 Å². The minimum absolute atomic E-state index is 0.565. The van der Waals surface area contributed by atoms with E-state index in [-0.39, 0.29) is 0 Å². The van der Waals surface area contributed by atoms with E-state index in [0.29, 0.717) is 0 Å². The molecule has 5 heteroatoms. The summed E-state index contributed by atoms with van der Waals surface area (Å²) in [5, 5.41) is 4.40. The maximum atomic E-state index is 7.50. The lowest BCUT2D eigenvalue weighted by Crippen LogP contribution is -2.28. The second-order valence-corrected chi connectivity index (χ2v) is 34.2. The van der Waals surface area contributed by atoms with Crippen molar-refractivity contribution in [2.75, 3.05) is 9.80 Å². The van der Waals surface area contributed by atoms with Crippen LogP contribution in [0, 0.1) is 0 Å². The number of hydrogen-bond donors (Lipinski definition) is 0. The first-order chi connectivity index (χ1) is 62.5. The molecule has 0 bridgehead atoms. The van der Waals surface area contributed by atoms with Crippen molar-refractivity contribution in [3.05, 3.63) is 516 Å². The molecule has 5 nitrogen and oxygen atoms in total. The quantitative estimate of drug-likeness (QED) is 0.122. The summed E-state index contributed by atoms with van der Waals surface area (Å²) in [6.07, 6.45) is 0. The Morgan fingerprint density at radius 2 is 0.579 bits per heavy atom. The molecular formula is C121H74N2O3. The summed E-state index contributed by atoms with van der Waals surface area (Å²) in [6, 6.07) is 166. The second-order valence-electron chi connectivity index (χ2n) is 34.2. The standard InChI is InChI=1S/C121H74N2O3/c1-5-27-75(28-6-1)76-51-60-85(61-52-76)122(88-66-69-92-90-35-13-19-43-101(90)119(108(92)74-88,82-29-7-2-8-30-82)83-31-9-3-10-32-83)86-62-53-77(54-63-86)79-59-70-105-100(71-79)91-36-14-20-44-102(91)120(105)104-46-22-16-39-96(104)117-115(120)99-68-58-81(73-112(99)126-117)80-57-67-97-107(72-80)121(114-98-40-18-24-50-111(98)125-118(97)114)103-45-21-15-38-95(103)113-89(41-25-47-106(113)121)78-55-64-87(65-56-78)123(84-33-11-4-12-34-84)109-48-26-42-94-93-37-17-23-49-110(93)124-116(94)109/h1-74H. The van der Waals surface area contributed by atoms with Crippen LogP contribution in [0.15, 0.2) is 462 Å². The molecule has 0 amide bonds. The molecule has 19 aromatic carbocycles. The van der Waals surface area contributed by atoms with Crippen LogP contribution in [-0.4, -0.2) is 0 Å². The van der Waals surface area contributed by atoms with Crippen molar-refractivity contribution in [1.29, 1.82) is 0 Å². The predicted molar refractivity (Wildman–Crippen MR) is 514 cm³/mol. The molecule has 27 rings (SSSR count). The molecule has 0 radical (unpaired) electrons. The zero-order chi connectivity index (χ0) is 82.5. The van der Waals surface area contributed by atoms with Crippen molar-refractivity contribution in [2.24, 2.45) is 0 Å². The first kappa shape index (κ1) is 70.4. The molecule has 5 aliphatic carbocycles. The van der Waals surface area contributed by atoms with Crippen LogP contribution in [0.5, 0.6) is 0 Å². The molecule has 5 aliphatic rings. The molecule has 22 aromatic rings. The Kier molecular flexibility index (Phi) is 15.0. The molecule has 2 spiro atoms. The number of rotatable bonds is 12. The molecule has 0 saturated carbocycles. The van der Waals surface area contributed by atoms with Gasteiger partial charge in [-0.3, -0.25) is 0 Å². The zero-order valence-electron chi connectivity index (χ0n) is 68.3. The molecule has 0 fully saturated rings. The lowest BCUT2D eigenvalue weighted by Gasteiger charge is -2.35. The number of hydrogen-bond acceptors (Lipinski definition) is 5. The van der Waals surface area contributed by atoms with Crippen LogP contribution in [0.4, 0.5) is 34.1 Å². The summed E-state index contributed by atoms with van der Waals surface area (Å²) in [5.41, 5.74) is 41.2. The Morgan fingerprint density at radius 1 is 0.183 bits per heavy atom. The Balaban J connectivity index is 0.563. The predicted octanol–water partition coefficient (Wildman–Crippen LogP) is 31.7. The van der Waals surface area contributed by atoms with E-state index in [1.165, 1.54) is 117 Å². The summed E-state index contributed by atoms with van der Waals surface area (Å²) in [7, 11) is 0. The van der Waals surface area contributed by atoms with Gasteiger partial charge in [-0.1, -0.05) is 352 Å². The van der Waals surface area contributed by atoms with E-state index in [0.717, 1.165) is 128 Å². The van der Waals surface area contributed by atoms with Crippen LogP contribution in [0.1, 0.15) is 66.8 Å². The van der Waals surface area contributed by atoms with Crippen molar-refractivity contribution >= 4 is 78.0 Å². The first-order valence-corrected chi connectivity index (χ1v) is 43.6. The number of fused-ring (bicyclic) bond motifs is 30. The lowest BCUT2D eigenvalue weighted by molar-refractivity contribution is 0.628. The molecule has 2 atom stereocenters. The Bertz CT molecular complexity index is 8230. The van der Waals surface area contributed by atoms with E-state index in [9.17, 15) is 0 Å². The van der Waals surface area contributed by atoms with Crippen LogP contribution < -0.4 is 9.80 Å². The molecule has 2 unspecified atom stereocenters. The van der Waals surface area contributed by atoms with Gasteiger partial charge in [-0.25, -0.2) is 0 Å². The highest BCUT2D eigenvalue weighted by Gasteiger charge is 2.57. The summed E-state index contributed by atoms with van der Waals surface area (Å²) in [4.78, 5) is 4.76. The van der Waals surface area contributed by atoms with E-state index in [1.807, 2.05) is 6.07 Å². The lowest BCUT2D eigenvalue weighted by atomic mass is 9.67. The monoisotopic (exact) mass is 1600 g/mol. The van der Waals surface area contributed by atoms with Gasteiger partial charge in [-0.2, -0.15) is 0 Å². The largest absolute Gasteiger partial charge is 0.456 e. The Labute approximate surface area is 728 Å². The van der Waals surface area contributed by atoms with Crippen LogP contribution in [0.3, 0.4) is 0 Å². The smallest absolute Gasteiger partial charge is 0.159 e. The van der Waals surface area contributed by atoms with Crippen LogP contribution >= 0.6 is 0 Å². The average molecular weight is 1600 g/mol. The fraction of sp³-hybridized carbons (Fsp3) is 0.0248. The van der Waals surface area contributed by atoms with Gasteiger partial charge in [0, 0.05) is 72.2 Å². The van der Waals surface area contributed by atoms with Gasteiger partial charge >= 0.3 is 0 Å². The van der Waals surface area contributed by atoms with Gasteiger partial charge in [0.1, 0.15) is 28.3 Å². The fourth-order valence-electron chi connectivity index (χ4n) is 23.1. The third-order valence-corrected chi connectivity index (χ3v) is 28.2. The van der Waals surface area contributed by atoms with Crippen LogP contribution in [0.25, 0.3) is 144 Å². The minimum Gasteiger partial charge on any atom is -0.456 e. The number of furan rings is 3. The summed E-state index contributed by atoms with van der Waals surface area (Å²) < 4.78 is 21.4. The van der Waals surface area contributed by atoms with Gasteiger partial charge in [0.25, 0.3) is 0 Å². The molecule has 126 heavy (non-hydrogen) atoms. The molecule has 0 N–H and O–H groups in total. The van der Waals surface area contributed by atoms with Crippen LogP contribution in [-0.2, 0) is 16.2 Å². The number of nitrogens with zero attached hydrogens (tertiary/aromatic N) is 2. The van der Waals surface area contributed by atoms with Crippen molar-refractivity contribution in [1.82, 2.24) is 0 Å². The van der Waals surface area contributed by atoms with E-state index < -0.39 is 16.2 Å². The van der Waals surface area contributed by atoms with Crippen molar-refractivity contribution in [3.63, 3.8) is 0 Å². The molecule has 0 aliphatic heterocycles. The second kappa shape index (κ2) is 26.8. The number of para-hydroxylation sites is 4. The Morgan fingerprint density at radius 3 is 1.27 bits per heavy atom. The van der Waals surface area contributed by atoms with Crippen molar-refractivity contribution < 1.29 is 13.3 Å². The van der Waals surface area contributed by atoms with Gasteiger partial charge in [-0.05, 0) is 231 Å². The van der Waals surface area contributed by atoms with E-state index in [4.69, 9.17) is 13.3 Å². The summed E-state index contributed by atoms with van der Waals surface area (Å²) in [5.74, 6) is 1.83. The van der Waals surface area contributed by atoms with Crippen LogP contribution in [0.2, 0.25) is 0 Å². The highest BCUT2D eigenvalue weighted by atomic mass is 16.3. The molecule has 3 aromatic heterocycles. The molecule has 3 heterocycles. The van der Waals surface area contributed by atoms with Gasteiger partial charge in [0.05, 0.1) is 21.9 Å². The third kappa shape index (κ3) is 9.68. The first-order valence-electron chi connectivity index (χ1n) is 43.6. The maximum Gasteiger partial charge on any atom is 0.159 e. The van der Waals surface area contributed by atoms with Crippen molar-refractivity contribution in [3.8, 4) is 101 Å². The fourth-order valence-corrected chi connectivity index (χ4v) is 23.1. The van der Waals surface area contributed by atoms with E-state index in [1.54, 1.807) is 0 Å². The molecular weight excluding hydrogens is 1530 g/mol. The van der Waals surface area contributed by atoms with E-state index >= 15 is 0 Å². The molecule has 0 saturated heterocycles. The van der Waals surface area contributed by atoms with Gasteiger partial charge in [0.2, 0.25) is 0 Å². The van der Waals surface area contributed by atoms with Gasteiger partial charge in [-0.15, -0.1) is 0 Å². The Hall–Kier alpha value is -16.3. The van der Waals surface area contributed by atoms with E-state index in [2.05, 4.69) is 453 Å². The number of benzene rings is 19. The maximum absolute atomic E-state index is 7.50. The normalized spacial score (nSPS) is 15.3. The highest BCUT2D eigenvalue weighted by molar-refractivity contribution is 6.12. The highest BCUT2D eigenvalue weighted by Crippen LogP contribution is 2.69. The summed E-state index contributed by atoms with van der Waals surface area (Å²) in [6.45, 7) is 0. The third-order valence-electron chi connectivity index (χ3n) is 28.2.